The van der Waals surface area contributed by atoms with E-state index >= 15 is 0 Å². The van der Waals surface area contributed by atoms with Gasteiger partial charge in [-0.2, -0.15) is 0 Å². The molecule has 108 valence electrons. The molecule has 2 N–H and O–H groups in total. The lowest BCUT2D eigenvalue weighted by Gasteiger charge is -2.00. The molecular weight excluding hydrogens is 294 g/mol. The van der Waals surface area contributed by atoms with Crippen LogP contribution < -0.4 is 5.32 Å². The van der Waals surface area contributed by atoms with Crippen LogP contribution in [0.25, 0.3) is 0 Å². The number of carbonyl (C=O) groups is 1. The molecule has 2 heterocycles. The molecule has 0 bridgehead atoms. The monoisotopic (exact) mass is 311 g/mol. The highest BCUT2D eigenvalue weighted by molar-refractivity contribution is 7.10. The molecule has 2 aromatic rings. The standard InChI is InChI=1S/C13H17N3O2S2/c1-2-3-9-7-19-12(15-9)6-14-5-4-11-16-10(8-20-11)13(17)18/h7-8,14H,2-6H2,1H3,(H,17,18). The van der Waals surface area contributed by atoms with Crippen molar-refractivity contribution in [3.05, 3.63) is 32.2 Å². The molecule has 0 atom stereocenters. The van der Waals surface area contributed by atoms with E-state index < -0.39 is 5.97 Å². The number of hydrogen-bond acceptors (Lipinski definition) is 6. The third-order valence-electron chi connectivity index (χ3n) is 2.67. The van der Waals surface area contributed by atoms with Crippen LogP contribution in [-0.4, -0.2) is 27.6 Å². The van der Waals surface area contributed by atoms with Crippen LogP contribution in [0.2, 0.25) is 0 Å². The number of nitrogens with one attached hydrogen (secondary N) is 1. The van der Waals surface area contributed by atoms with Crippen LogP contribution in [0.5, 0.6) is 0 Å². The normalized spacial score (nSPS) is 10.8. The Balaban J connectivity index is 1.71. The molecule has 0 fully saturated rings. The zero-order chi connectivity index (χ0) is 14.4. The third kappa shape index (κ3) is 4.36. The van der Waals surface area contributed by atoms with Crippen molar-refractivity contribution in [3.8, 4) is 0 Å². The quantitative estimate of drug-likeness (QED) is 0.733. The summed E-state index contributed by atoms with van der Waals surface area (Å²) in [5.41, 5.74) is 1.30. The number of carboxylic acid groups (broad SMARTS) is 1. The van der Waals surface area contributed by atoms with E-state index in [1.165, 1.54) is 17.0 Å². The van der Waals surface area contributed by atoms with Gasteiger partial charge in [0.1, 0.15) is 5.01 Å². The topological polar surface area (TPSA) is 75.1 Å². The maximum absolute atomic E-state index is 10.7. The van der Waals surface area contributed by atoms with Crippen molar-refractivity contribution < 1.29 is 9.90 Å². The van der Waals surface area contributed by atoms with Crippen molar-refractivity contribution in [2.24, 2.45) is 0 Å². The Labute approximate surface area is 125 Å². The number of aromatic carboxylic acids is 1. The summed E-state index contributed by atoms with van der Waals surface area (Å²) in [6.07, 6.45) is 2.89. The minimum atomic E-state index is -0.966. The molecular formula is C13H17N3O2S2. The van der Waals surface area contributed by atoms with Crippen molar-refractivity contribution in [2.75, 3.05) is 6.54 Å². The van der Waals surface area contributed by atoms with Crippen LogP contribution in [-0.2, 0) is 19.4 Å². The van der Waals surface area contributed by atoms with Crippen molar-refractivity contribution in [2.45, 2.75) is 32.7 Å². The Morgan fingerprint density at radius 3 is 2.75 bits per heavy atom. The van der Waals surface area contributed by atoms with Gasteiger partial charge in [-0.1, -0.05) is 13.3 Å². The van der Waals surface area contributed by atoms with Crippen molar-refractivity contribution in [1.82, 2.24) is 15.3 Å². The van der Waals surface area contributed by atoms with E-state index in [-0.39, 0.29) is 5.69 Å². The first kappa shape index (κ1) is 15.1. The van der Waals surface area contributed by atoms with Gasteiger partial charge in [-0.15, -0.1) is 22.7 Å². The molecule has 0 spiro atoms. The maximum Gasteiger partial charge on any atom is 0.355 e. The number of thiazole rings is 2. The first-order chi connectivity index (χ1) is 9.69. The van der Waals surface area contributed by atoms with E-state index in [0.29, 0.717) is 0 Å². The fraction of sp³-hybridized carbons (Fsp3) is 0.462. The highest BCUT2D eigenvalue weighted by Gasteiger charge is 2.08. The summed E-state index contributed by atoms with van der Waals surface area (Å²) < 4.78 is 0. The SMILES string of the molecule is CCCc1csc(CNCCc2nc(C(=O)O)cs2)n1. The minimum absolute atomic E-state index is 0.133. The molecule has 0 aliphatic heterocycles. The first-order valence-corrected chi connectivity index (χ1v) is 8.26. The molecule has 0 amide bonds. The highest BCUT2D eigenvalue weighted by atomic mass is 32.1. The number of aryl methyl sites for hydroxylation is 1. The van der Waals surface area contributed by atoms with E-state index in [2.05, 4.69) is 27.6 Å². The second-order valence-electron chi connectivity index (χ2n) is 4.34. The molecule has 2 aromatic heterocycles. The Hall–Kier alpha value is -1.31. The zero-order valence-electron chi connectivity index (χ0n) is 11.3. The van der Waals surface area contributed by atoms with Crippen LogP contribution in [0, 0.1) is 0 Å². The first-order valence-electron chi connectivity index (χ1n) is 6.50. The van der Waals surface area contributed by atoms with Gasteiger partial charge in [-0.25, -0.2) is 14.8 Å². The molecule has 0 unspecified atom stereocenters. The second kappa shape index (κ2) is 7.47. The molecule has 0 aliphatic rings. The van der Waals surface area contributed by atoms with Crippen LogP contribution >= 0.6 is 22.7 Å². The van der Waals surface area contributed by atoms with Gasteiger partial charge >= 0.3 is 5.97 Å². The number of rotatable bonds is 8. The highest BCUT2D eigenvalue weighted by Crippen LogP contribution is 2.12. The summed E-state index contributed by atoms with van der Waals surface area (Å²) in [6.45, 7) is 3.68. The number of carboxylic acids is 1. The predicted octanol–water partition coefficient (Wildman–Crippen LogP) is 2.58. The molecule has 0 aliphatic carbocycles. The lowest BCUT2D eigenvalue weighted by atomic mass is 10.3. The minimum Gasteiger partial charge on any atom is -0.476 e. The van der Waals surface area contributed by atoms with Gasteiger partial charge in [0.15, 0.2) is 5.69 Å². The number of hydrogen-bond donors (Lipinski definition) is 2. The maximum atomic E-state index is 10.7. The van der Waals surface area contributed by atoms with E-state index in [1.54, 1.807) is 16.7 Å². The molecule has 0 aromatic carbocycles. The van der Waals surface area contributed by atoms with Crippen molar-refractivity contribution in [1.29, 1.82) is 0 Å². The Bertz CT molecular complexity index is 565. The van der Waals surface area contributed by atoms with Gasteiger partial charge in [0.25, 0.3) is 0 Å². The summed E-state index contributed by atoms with van der Waals surface area (Å²) in [5.74, 6) is -0.966. The fourth-order valence-corrected chi connectivity index (χ4v) is 3.29. The molecule has 2 rings (SSSR count). The smallest absolute Gasteiger partial charge is 0.355 e. The molecule has 0 saturated carbocycles. The van der Waals surface area contributed by atoms with E-state index in [1.807, 2.05) is 0 Å². The van der Waals surface area contributed by atoms with Gasteiger partial charge in [-0.3, -0.25) is 0 Å². The molecule has 0 radical (unpaired) electrons. The summed E-state index contributed by atoms with van der Waals surface area (Å²) in [7, 11) is 0. The van der Waals surface area contributed by atoms with Gasteiger partial charge in [0, 0.05) is 30.3 Å². The molecule has 0 saturated heterocycles. The largest absolute Gasteiger partial charge is 0.476 e. The van der Waals surface area contributed by atoms with Crippen LogP contribution in [0.15, 0.2) is 10.8 Å². The molecule has 7 heteroatoms. The molecule has 5 nitrogen and oxygen atoms in total. The second-order valence-corrected chi connectivity index (χ2v) is 6.23. The Kier molecular flexibility index (Phi) is 5.63. The van der Waals surface area contributed by atoms with Crippen molar-refractivity contribution >= 4 is 28.6 Å². The molecule has 20 heavy (non-hydrogen) atoms. The lowest BCUT2D eigenvalue weighted by molar-refractivity contribution is 0.0691. The van der Waals surface area contributed by atoms with Gasteiger partial charge in [0.05, 0.1) is 10.7 Å². The third-order valence-corrected chi connectivity index (χ3v) is 4.47. The van der Waals surface area contributed by atoms with E-state index in [4.69, 9.17) is 5.11 Å². The summed E-state index contributed by atoms with van der Waals surface area (Å²) in [5, 5.41) is 17.7. The lowest BCUT2D eigenvalue weighted by Crippen LogP contribution is -2.16. The van der Waals surface area contributed by atoms with Crippen LogP contribution in [0.1, 0.15) is 39.5 Å². The summed E-state index contributed by atoms with van der Waals surface area (Å²) in [6, 6.07) is 0. The average Bonchev–Trinajstić information content (AvgIpc) is 3.04. The van der Waals surface area contributed by atoms with Crippen LogP contribution in [0.4, 0.5) is 0 Å². The fourth-order valence-electron chi connectivity index (χ4n) is 1.72. The van der Waals surface area contributed by atoms with Crippen molar-refractivity contribution in [3.63, 3.8) is 0 Å². The Morgan fingerprint density at radius 2 is 2.05 bits per heavy atom. The number of aromatic nitrogens is 2. The summed E-state index contributed by atoms with van der Waals surface area (Å²) in [4.78, 5) is 19.3. The van der Waals surface area contributed by atoms with Crippen LogP contribution in [0.3, 0.4) is 0 Å². The van der Waals surface area contributed by atoms with E-state index in [0.717, 1.165) is 42.4 Å². The predicted molar refractivity (Wildman–Crippen MR) is 80.6 cm³/mol. The average molecular weight is 311 g/mol. The van der Waals surface area contributed by atoms with Gasteiger partial charge < -0.3 is 10.4 Å². The van der Waals surface area contributed by atoms with Gasteiger partial charge in [-0.05, 0) is 6.42 Å². The van der Waals surface area contributed by atoms with E-state index in [9.17, 15) is 4.79 Å². The number of nitrogens with zero attached hydrogens (tertiary/aromatic N) is 2. The Morgan fingerprint density at radius 1 is 1.25 bits per heavy atom. The zero-order valence-corrected chi connectivity index (χ0v) is 12.9. The van der Waals surface area contributed by atoms with Gasteiger partial charge in [0.2, 0.25) is 0 Å². The summed E-state index contributed by atoms with van der Waals surface area (Å²) >= 11 is 3.07.